The van der Waals surface area contributed by atoms with Crippen molar-refractivity contribution in [1.29, 1.82) is 0 Å². The minimum absolute atomic E-state index is 0.0293. The van der Waals surface area contributed by atoms with Gasteiger partial charge in [-0.1, -0.05) is 0 Å². The normalized spacial score (nSPS) is 9.77. The predicted molar refractivity (Wildman–Crippen MR) is 52.3 cm³/mol. The van der Waals surface area contributed by atoms with Crippen LogP contribution in [0.5, 0.6) is 0 Å². The van der Waals surface area contributed by atoms with Crippen molar-refractivity contribution in [2.75, 3.05) is 40.8 Å². The van der Waals surface area contributed by atoms with Gasteiger partial charge in [-0.2, -0.15) is 0 Å². The average molecular weight is 183 g/mol. The lowest BCUT2D eigenvalue weighted by molar-refractivity contribution is -0.127. The Bertz CT molecular complexity index is 196. The van der Waals surface area contributed by atoms with Gasteiger partial charge in [-0.25, -0.2) is 6.57 Å². The summed E-state index contributed by atoms with van der Waals surface area (Å²) in [6.07, 6.45) is 0.952. The van der Waals surface area contributed by atoms with Gasteiger partial charge in [0.2, 0.25) is 0 Å². The summed E-state index contributed by atoms with van der Waals surface area (Å²) in [6, 6.07) is 0. The molecule has 0 spiro atoms. The predicted octanol–water partition coefficient (Wildman–Crippen LogP) is 0.316. The number of carbonyl (C=O) groups is 1. The molecule has 4 heteroatoms. The molecule has 0 radical (unpaired) electrons. The largest absolute Gasteiger partial charge is 0.339 e. The van der Waals surface area contributed by atoms with Gasteiger partial charge in [-0.15, -0.1) is 0 Å². The summed E-state index contributed by atoms with van der Waals surface area (Å²) in [5.41, 5.74) is 0. The molecule has 0 aromatic carbocycles. The maximum absolute atomic E-state index is 11.1. The third-order valence-electron chi connectivity index (χ3n) is 1.74. The summed E-state index contributed by atoms with van der Waals surface area (Å²) in [7, 11) is 5.74. The van der Waals surface area contributed by atoms with Gasteiger partial charge >= 0.3 is 5.91 Å². The van der Waals surface area contributed by atoms with Crippen molar-refractivity contribution < 1.29 is 4.79 Å². The molecule has 0 aromatic rings. The SMILES string of the molecule is [C-]#[N+]CC(=O)N(C)CCCN(C)C. The van der Waals surface area contributed by atoms with Crippen molar-refractivity contribution in [3.8, 4) is 0 Å². The molecule has 0 aliphatic heterocycles. The van der Waals surface area contributed by atoms with Gasteiger partial charge in [-0.3, -0.25) is 4.79 Å². The fourth-order valence-corrected chi connectivity index (χ4v) is 0.937. The second-order valence-corrected chi connectivity index (χ2v) is 3.29. The summed E-state index contributed by atoms with van der Waals surface area (Å²) in [6.45, 7) is 8.21. The Hall–Kier alpha value is -1.08. The molecule has 0 heterocycles. The van der Waals surface area contributed by atoms with E-state index in [0.29, 0.717) is 0 Å². The first-order chi connectivity index (χ1) is 6.07. The van der Waals surface area contributed by atoms with Crippen LogP contribution in [0.1, 0.15) is 6.42 Å². The van der Waals surface area contributed by atoms with E-state index in [2.05, 4.69) is 9.74 Å². The Balaban J connectivity index is 3.57. The molecule has 0 aliphatic rings. The average Bonchev–Trinajstić information content (AvgIpc) is 2.04. The Labute approximate surface area is 79.9 Å². The second kappa shape index (κ2) is 6.44. The molecule has 0 aliphatic carbocycles. The van der Waals surface area contributed by atoms with E-state index in [-0.39, 0.29) is 12.5 Å². The van der Waals surface area contributed by atoms with E-state index in [0.717, 1.165) is 19.5 Å². The van der Waals surface area contributed by atoms with Gasteiger partial charge in [0.05, 0.1) is 0 Å². The van der Waals surface area contributed by atoms with E-state index in [1.807, 2.05) is 14.1 Å². The summed E-state index contributed by atoms with van der Waals surface area (Å²) in [4.78, 5) is 17.9. The molecule has 74 valence electrons. The standard InChI is InChI=1S/C9H17N3O/c1-10-8-9(13)12(4)7-5-6-11(2)3/h5-8H2,2-4H3. The van der Waals surface area contributed by atoms with Crippen LogP contribution in [0.4, 0.5) is 0 Å². The number of likely N-dealkylation sites (N-methyl/N-ethyl adjacent to an activating group) is 1. The zero-order valence-corrected chi connectivity index (χ0v) is 8.58. The van der Waals surface area contributed by atoms with Crippen LogP contribution in [0, 0.1) is 6.57 Å². The van der Waals surface area contributed by atoms with Crippen LogP contribution >= 0.6 is 0 Å². The molecule has 0 N–H and O–H groups in total. The minimum Gasteiger partial charge on any atom is -0.339 e. The topological polar surface area (TPSA) is 27.9 Å². The van der Waals surface area contributed by atoms with E-state index in [9.17, 15) is 4.79 Å². The Morgan fingerprint density at radius 2 is 1.92 bits per heavy atom. The van der Waals surface area contributed by atoms with Crippen LogP contribution in [0.2, 0.25) is 0 Å². The molecular weight excluding hydrogens is 166 g/mol. The van der Waals surface area contributed by atoms with E-state index in [4.69, 9.17) is 6.57 Å². The molecular formula is C9H17N3O. The molecule has 0 fully saturated rings. The summed E-state index contributed by atoms with van der Waals surface area (Å²) in [5, 5.41) is 0. The van der Waals surface area contributed by atoms with Gasteiger partial charge < -0.3 is 14.6 Å². The monoisotopic (exact) mass is 183 g/mol. The lowest BCUT2D eigenvalue weighted by Crippen LogP contribution is -2.30. The first kappa shape index (κ1) is 11.9. The van der Waals surface area contributed by atoms with Crippen molar-refractivity contribution in [2.24, 2.45) is 0 Å². The maximum Gasteiger partial charge on any atom is 0.302 e. The zero-order chi connectivity index (χ0) is 10.3. The molecule has 13 heavy (non-hydrogen) atoms. The van der Waals surface area contributed by atoms with Gasteiger partial charge in [-0.05, 0) is 27.1 Å². The summed E-state index contributed by atoms with van der Waals surface area (Å²) < 4.78 is 0. The quantitative estimate of drug-likeness (QED) is 0.574. The number of carbonyl (C=O) groups excluding carboxylic acids is 1. The van der Waals surface area contributed by atoms with Crippen molar-refractivity contribution in [1.82, 2.24) is 9.80 Å². The molecule has 0 saturated carbocycles. The van der Waals surface area contributed by atoms with Gasteiger partial charge in [0, 0.05) is 13.6 Å². The number of hydrogen-bond acceptors (Lipinski definition) is 2. The number of rotatable bonds is 5. The van der Waals surface area contributed by atoms with Crippen molar-refractivity contribution in [2.45, 2.75) is 6.42 Å². The molecule has 0 saturated heterocycles. The summed E-state index contributed by atoms with van der Waals surface area (Å²) >= 11 is 0. The first-order valence-corrected chi connectivity index (χ1v) is 4.30. The number of hydrogen-bond donors (Lipinski definition) is 0. The van der Waals surface area contributed by atoms with Crippen LogP contribution in [0.25, 0.3) is 4.85 Å². The van der Waals surface area contributed by atoms with Crippen LogP contribution in [-0.2, 0) is 4.79 Å². The van der Waals surface area contributed by atoms with Crippen LogP contribution in [-0.4, -0.2) is 56.5 Å². The maximum atomic E-state index is 11.1. The fraction of sp³-hybridized carbons (Fsp3) is 0.778. The lowest BCUT2D eigenvalue weighted by Gasteiger charge is -2.15. The Morgan fingerprint density at radius 1 is 1.31 bits per heavy atom. The second-order valence-electron chi connectivity index (χ2n) is 3.29. The molecule has 0 bridgehead atoms. The van der Waals surface area contributed by atoms with Crippen molar-refractivity contribution >= 4 is 5.91 Å². The Morgan fingerprint density at radius 3 is 2.38 bits per heavy atom. The molecule has 0 aromatic heterocycles. The highest BCUT2D eigenvalue weighted by Crippen LogP contribution is 1.90. The molecule has 0 unspecified atom stereocenters. The van der Waals surface area contributed by atoms with E-state index in [1.54, 1.807) is 11.9 Å². The molecule has 4 nitrogen and oxygen atoms in total. The fourth-order valence-electron chi connectivity index (χ4n) is 0.937. The first-order valence-electron chi connectivity index (χ1n) is 4.30. The van der Waals surface area contributed by atoms with Gasteiger partial charge in [0.25, 0.3) is 6.54 Å². The highest BCUT2D eigenvalue weighted by molar-refractivity contribution is 5.79. The van der Waals surface area contributed by atoms with E-state index in [1.165, 1.54) is 0 Å². The van der Waals surface area contributed by atoms with Gasteiger partial charge in [0.1, 0.15) is 0 Å². The van der Waals surface area contributed by atoms with Crippen LogP contribution < -0.4 is 0 Å². The smallest absolute Gasteiger partial charge is 0.302 e. The van der Waals surface area contributed by atoms with Crippen LogP contribution in [0.3, 0.4) is 0 Å². The van der Waals surface area contributed by atoms with Crippen molar-refractivity contribution in [3.63, 3.8) is 0 Å². The van der Waals surface area contributed by atoms with E-state index < -0.39 is 0 Å². The Kier molecular flexibility index (Phi) is 5.90. The van der Waals surface area contributed by atoms with E-state index >= 15 is 0 Å². The summed E-state index contributed by atoms with van der Waals surface area (Å²) in [5.74, 6) is -0.0891. The van der Waals surface area contributed by atoms with Crippen molar-refractivity contribution in [3.05, 3.63) is 11.4 Å². The minimum atomic E-state index is -0.0891. The van der Waals surface area contributed by atoms with Gasteiger partial charge in [0.15, 0.2) is 0 Å². The lowest BCUT2D eigenvalue weighted by atomic mass is 10.3. The number of amides is 1. The van der Waals surface area contributed by atoms with Crippen LogP contribution in [0.15, 0.2) is 0 Å². The third kappa shape index (κ3) is 6.12. The number of nitrogens with zero attached hydrogens (tertiary/aromatic N) is 3. The molecule has 0 rings (SSSR count). The molecule has 0 atom stereocenters. The third-order valence-corrected chi connectivity index (χ3v) is 1.74. The molecule has 1 amide bonds. The highest BCUT2D eigenvalue weighted by Gasteiger charge is 2.09. The zero-order valence-electron chi connectivity index (χ0n) is 8.58. The highest BCUT2D eigenvalue weighted by atomic mass is 16.2.